The zero-order valence-electron chi connectivity index (χ0n) is 9.11. The summed E-state index contributed by atoms with van der Waals surface area (Å²) in [4.78, 5) is 11.0. The van der Waals surface area contributed by atoms with Crippen LogP contribution in [0.1, 0.15) is 12.5 Å². The number of carbonyl (C=O) groups excluding carboxylic acids is 1. The van der Waals surface area contributed by atoms with Gasteiger partial charge in [-0.1, -0.05) is 6.07 Å². The van der Waals surface area contributed by atoms with Crippen LogP contribution in [0.25, 0.3) is 0 Å². The third-order valence-corrected chi connectivity index (χ3v) is 2.68. The first kappa shape index (κ1) is 10.6. The lowest BCUT2D eigenvalue weighted by Gasteiger charge is -2.21. The Morgan fingerprint density at radius 1 is 1.56 bits per heavy atom. The van der Waals surface area contributed by atoms with Gasteiger partial charge in [0.15, 0.2) is 17.1 Å². The molecule has 1 atom stereocenters. The zero-order chi connectivity index (χ0) is 11.8. The maximum Gasteiger partial charge on any atom is 0.408 e. The number of carbonyl (C=O) groups is 1. The number of phenolic OH excluding ortho intramolecular Hbond substituents is 1. The van der Waals surface area contributed by atoms with Crippen LogP contribution in [0.2, 0.25) is 0 Å². The van der Waals surface area contributed by atoms with Crippen LogP contribution in [0, 0.1) is 0 Å². The lowest BCUT2D eigenvalue weighted by atomic mass is 9.96. The molecule has 0 aliphatic carbocycles. The average Bonchev–Trinajstić information content (AvgIpc) is 2.60. The van der Waals surface area contributed by atoms with Gasteiger partial charge in [0.25, 0.3) is 0 Å². The number of amides is 1. The second kappa shape index (κ2) is 3.59. The van der Waals surface area contributed by atoms with Gasteiger partial charge in [-0.15, -0.1) is 0 Å². The Morgan fingerprint density at radius 3 is 2.81 bits per heavy atom. The van der Waals surface area contributed by atoms with Gasteiger partial charge in [-0.25, -0.2) is 4.79 Å². The Hall–Kier alpha value is -1.91. The van der Waals surface area contributed by atoms with Crippen molar-refractivity contribution in [2.24, 2.45) is 0 Å². The average molecular weight is 223 g/mol. The number of ether oxygens (including phenoxy) is 2. The molecule has 86 valence electrons. The highest BCUT2D eigenvalue weighted by Crippen LogP contribution is 2.34. The summed E-state index contributed by atoms with van der Waals surface area (Å²) < 4.78 is 10.1. The summed E-state index contributed by atoms with van der Waals surface area (Å²) in [6.45, 7) is 2.17. The molecule has 1 aromatic rings. The molecule has 0 saturated carbocycles. The summed E-state index contributed by atoms with van der Waals surface area (Å²) in [6, 6.07) is 4.94. The van der Waals surface area contributed by atoms with E-state index >= 15 is 0 Å². The first-order chi connectivity index (χ1) is 7.55. The summed E-state index contributed by atoms with van der Waals surface area (Å²) in [5.74, 6) is 0.425. The molecule has 1 saturated heterocycles. The number of rotatable bonds is 2. The molecule has 5 nitrogen and oxygen atoms in total. The van der Waals surface area contributed by atoms with E-state index in [0.29, 0.717) is 12.3 Å². The largest absolute Gasteiger partial charge is 0.504 e. The molecular weight excluding hydrogens is 210 g/mol. The van der Waals surface area contributed by atoms with Crippen molar-refractivity contribution in [3.63, 3.8) is 0 Å². The summed E-state index contributed by atoms with van der Waals surface area (Å²) in [5.41, 5.74) is -0.00922. The highest BCUT2D eigenvalue weighted by Gasteiger charge is 2.37. The maximum absolute atomic E-state index is 11.0. The molecule has 1 fully saturated rings. The molecule has 0 radical (unpaired) electrons. The Labute approximate surface area is 93.0 Å². The predicted molar refractivity (Wildman–Crippen MR) is 56.5 cm³/mol. The number of cyclic esters (lactones) is 1. The van der Waals surface area contributed by atoms with Crippen molar-refractivity contribution in [2.45, 2.75) is 12.5 Å². The standard InChI is InChI=1S/C11H13NO4/c1-11(6-12-10(14)16-11)7-3-4-9(15-2)8(13)5-7/h3-5,13H,6H2,1-2H3,(H,12,14)/t11-/m0/s1. The molecule has 1 heterocycles. The van der Waals surface area contributed by atoms with Gasteiger partial charge in [-0.2, -0.15) is 0 Å². The molecular formula is C11H13NO4. The summed E-state index contributed by atoms with van der Waals surface area (Å²) in [5, 5.41) is 12.2. The van der Waals surface area contributed by atoms with Gasteiger partial charge >= 0.3 is 6.09 Å². The molecule has 0 bridgehead atoms. The van der Waals surface area contributed by atoms with E-state index in [-0.39, 0.29) is 5.75 Å². The van der Waals surface area contributed by atoms with E-state index in [0.717, 1.165) is 5.56 Å². The Morgan fingerprint density at radius 2 is 2.31 bits per heavy atom. The lowest BCUT2D eigenvalue weighted by Crippen LogP contribution is -2.26. The minimum absolute atomic E-state index is 0.0316. The fraction of sp³-hybridized carbons (Fsp3) is 0.364. The highest BCUT2D eigenvalue weighted by atomic mass is 16.6. The van der Waals surface area contributed by atoms with E-state index in [2.05, 4.69) is 5.32 Å². The van der Waals surface area contributed by atoms with Gasteiger partial charge in [-0.3, -0.25) is 0 Å². The van der Waals surface area contributed by atoms with Crippen LogP contribution in [0.5, 0.6) is 11.5 Å². The van der Waals surface area contributed by atoms with Crippen LogP contribution in [-0.4, -0.2) is 24.9 Å². The zero-order valence-corrected chi connectivity index (χ0v) is 9.11. The fourth-order valence-corrected chi connectivity index (χ4v) is 1.70. The summed E-state index contributed by atoms with van der Waals surface area (Å²) in [7, 11) is 1.48. The molecule has 2 rings (SSSR count). The van der Waals surface area contributed by atoms with Crippen molar-refractivity contribution >= 4 is 6.09 Å². The Kier molecular flexibility index (Phi) is 2.38. The van der Waals surface area contributed by atoms with E-state index in [1.165, 1.54) is 7.11 Å². The number of methoxy groups -OCH3 is 1. The normalized spacial score (nSPS) is 23.8. The fourth-order valence-electron chi connectivity index (χ4n) is 1.70. The lowest BCUT2D eigenvalue weighted by molar-refractivity contribution is 0.0702. The van der Waals surface area contributed by atoms with Crippen LogP contribution in [0.4, 0.5) is 4.79 Å². The van der Waals surface area contributed by atoms with Crippen molar-refractivity contribution in [3.05, 3.63) is 23.8 Å². The number of nitrogens with one attached hydrogen (secondary N) is 1. The number of hydrogen-bond acceptors (Lipinski definition) is 4. The number of aromatic hydroxyl groups is 1. The van der Waals surface area contributed by atoms with Crippen molar-refractivity contribution in [1.29, 1.82) is 0 Å². The number of benzene rings is 1. The molecule has 1 amide bonds. The summed E-state index contributed by atoms with van der Waals surface area (Å²) in [6.07, 6.45) is -0.446. The highest BCUT2D eigenvalue weighted by molar-refractivity contribution is 5.70. The van der Waals surface area contributed by atoms with E-state index < -0.39 is 11.7 Å². The smallest absolute Gasteiger partial charge is 0.408 e. The van der Waals surface area contributed by atoms with Gasteiger partial charge in [0.1, 0.15) is 0 Å². The third kappa shape index (κ3) is 1.64. The van der Waals surface area contributed by atoms with Crippen molar-refractivity contribution in [3.8, 4) is 11.5 Å². The minimum atomic E-state index is -0.735. The Bertz CT molecular complexity index is 432. The SMILES string of the molecule is COc1ccc([C@]2(C)CNC(=O)O2)cc1O. The second-order valence-electron chi connectivity index (χ2n) is 3.86. The topological polar surface area (TPSA) is 67.8 Å². The van der Waals surface area contributed by atoms with E-state index in [4.69, 9.17) is 9.47 Å². The molecule has 2 N–H and O–H groups in total. The molecule has 0 spiro atoms. The first-order valence-corrected chi connectivity index (χ1v) is 4.89. The van der Waals surface area contributed by atoms with Crippen LogP contribution in [-0.2, 0) is 10.3 Å². The molecule has 0 unspecified atom stereocenters. The Balaban J connectivity index is 2.34. The van der Waals surface area contributed by atoms with Crippen molar-refractivity contribution in [1.82, 2.24) is 5.32 Å². The maximum atomic E-state index is 11.0. The van der Waals surface area contributed by atoms with Crippen LogP contribution in [0.3, 0.4) is 0 Å². The van der Waals surface area contributed by atoms with E-state index in [1.807, 2.05) is 0 Å². The van der Waals surface area contributed by atoms with Crippen LogP contribution >= 0.6 is 0 Å². The minimum Gasteiger partial charge on any atom is -0.504 e. The van der Waals surface area contributed by atoms with Crippen LogP contribution < -0.4 is 10.1 Å². The van der Waals surface area contributed by atoms with Gasteiger partial charge in [-0.05, 0) is 19.1 Å². The molecule has 1 aliphatic heterocycles. The molecule has 1 aliphatic rings. The van der Waals surface area contributed by atoms with Gasteiger partial charge in [0.05, 0.1) is 13.7 Å². The van der Waals surface area contributed by atoms with Gasteiger partial charge < -0.3 is 19.9 Å². The van der Waals surface area contributed by atoms with Crippen molar-refractivity contribution < 1.29 is 19.4 Å². The first-order valence-electron chi connectivity index (χ1n) is 4.89. The molecule has 5 heteroatoms. The second-order valence-corrected chi connectivity index (χ2v) is 3.86. The molecule has 1 aromatic carbocycles. The van der Waals surface area contributed by atoms with Gasteiger partial charge in [0.2, 0.25) is 0 Å². The molecule has 16 heavy (non-hydrogen) atoms. The summed E-state index contributed by atoms with van der Waals surface area (Å²) >= 11 is 0. The molecule has 0 aromatic heterocycles. The van der Waals surface area contributed by atoms with Crippen molar-refractivity contribution in [2.75, 3.05) is 13.7 Å². The third-order valence-electron chi connectivity index (χ3n) is 2.68. The monoisotopic (exact) mass is 223 g/mol. The number of hydrogen-bond donors (Lipinski definition) is 2. The van der Waals surface area contributed by atoms with Crippen LogP contribution in [0.15, 0.2) is 18.2 Å². The number of phenols is 1. The van der Waals surface area contributed by atoms with E-state index in [1.54, 1.807) is 25.1 Å². The quantitative estimate of drug-likeness (QED) is 0.794. The predicted octanol–water partition coefficient (Wildman–Crippen LogP) is 1.36. The van der Waals surface area contributed by atoms with Gasteiger partial charge in [0, 0.05) is 5.56 Å². The number of alkyl carbamates (subject to hydrolysis) is 1. The van der Waals surface area contributed by atoms with E-state index in [9.17, 15) is 9.90 Å².